The first kappa shape index (κ1) is 33.3. The van der Waals surface area contributed by atoms with Crippen LogP contribution in [0.3, 0.4) is 0 Å². The average Bonchev–Trinajstić information content (AvgIpc) is 3.04. The van der Waals surface area contributed by atoms with Crippen molar-refractivity contribution in [1.82, 2.24) is 10.6 Å². The van der Waals surface area contributed by atoms with Crippen LogP contribution < -0.4 is 27.4 Å². The molecule has 2 amide bonds. The Labute approximate surface area is 280 Å². The van der Waals surface area contributed by atoms with Crippen LogP contribution in [0.4, 0.5) is 11.4 Å². The molecule has 1 atom stereocenters. The minimum absolute atomic E-state index is 0.0113. The first-order valence-corrected chi connectivity index (χ1v) is 16.1. The lowest BCUT2D eigenvalue weighted by atomic mass is 9.84. The fourth-order valence-corrected chi connectivity index (χ4v) is 6.37. The fraction of sp³-hybridized carbons (Fsp3) is 0.270. The van der Waals surface area contributed by atoms with E-state index in [9.17, 15) is 14.7 Å². The summed E-state index contributed by atoms with van der Waals surface area (Å²) in [6.45, 7) is 4.64. The van der Waals surface area contributed by atoms with Crippen molar-refractivity contribution in [2.45, 2.75) is 52.1 Å². The predicted molar refractivity (Wildman–Crippen MR) is 189 cm³/mol. The maximum Gasteiger partial charge on any atom is 0.251 e. The molecule has 9 N–H and O–H groups in total. The highest BCUT2D eigenvalue weighted by Gasteiger charge is 2.23. The van der Waals surface area contributed by atoms with E-state index in [0.29, 0.717) is 56.7 Å². The number of fused-ring (bicyclic) bond motifs is 1. The molecule has 10 heteroatoms. The lowest BCUT2D eigenvalue weighted by Crippen LogP contribution is -2.32. The number of halogens is 1. The van der Waals surface area contributed by atoms with Crippen molar-refractivity contribution in [3.63, 3.8) is 0 Å². The van der Waals surface area contributed by atoms with Gasteiger partial charge in [0.2, 0.25) is 5.91 Å². The minimum Gasteiger partial charge on any atom is -0.505 e. The van der Waals surface area contributed by atoms with Crippen molar-refractivity contribution in [3.8, 4) is 16.9 Å². The zero-order chi connectivity index (χ0) is 33.7. The maximum atomic E-state index is 13.4. The van der Waals surface area contributed by atoms with Crippen LogP contribution in [-0.4, -0.2) is 35.3 Å². The van der Waals surface area contributed by atoms with Gasteiger partial charge >= 0.3 is 0 Å². The van der Waals surface area contributed by atoms with Crippen molar-refractivity contribution in [3.05, 3.63) is 111 Å². The Bertz CT molecular complexity index is 1810. The Morgan fingerprint density at radius 1 is 1.00 bits per heavy atom. The molecule has 1 unspecified atom stereocenters. The molecular weight excluding hydrogens is 612 g/mol. The third-order valence-electron chi connectivity index (χ3n) is 8.40. The van der Waals surface area contributed by atoms with E-state index in [1.165, 1.54) is 11.1 Å². The number of nitrogens with two attached hydrogens (primary N) is 2. The standard InChI is InChI=1S/C37H41ClN6O3/c1-21(2)44-32-18-31(38)34(30(35(32)46)17-33(45)42-19-22-7-11-25(12-8-22)36(40)41)27-14-28(16-29(39)15-27)37(47)43-20-23-9-10-24-5-3-4-6-26(24)13-23/h3-8,11-12,14-16,18,21,23,44,46H,9-10,13,17,19-20,39H2,1-2H3,(H3,40,41)(H,42,45)(H,43,47). The number of hydrogen-bond acceptors (Lipinski definition) is 6. The lowest BCUT2D eigenvalue weighted by molar-refractivity contribution is -0.120. The second kappa shape index (κ2) is 14.6. The van der Waals surface area contributed by atoms with E-state index in [1.807, 2.05) is 13.8 Å². The molecular formula is C37H41ClN6O3. The number of anilines is 2. The molecule has 4 aromatic rings. The number of nitrogens with one attached hydrogen (secondary N) is 4. The number of phenols is 1. The zero-order valence-electron chi connectivity index (χ0n) is 26.6. The normalized spacial score (nSPS) is 13.9. The molecule has 5 rings (SSSR count). The minimum atomic E-state index is -0.342. The van der Waals surface area contributed by atoms with E-state index in [0.717, 1.165) is 24.8 Å². The van der Waals surface area contributed by atoms with Gasteiger partial charge in [-0.05, 0) is 85.5 Å². The Hall–Kier alpha value is -5.02. The molecule has 0 bridgehead atoms. The van der Waals surface area contributed by atoms with Crippen LogP contribution in [0.5, 0.6) is 5.75 Å². The Morgan fingerprint density at radius 2 is 1.72 bits per heavy atom. The average molecular weight is 653 g/mol. The molecule has 0 radical (unpaired) electrons. The number of carbonyl (C=O) groups excluding carboxylic acids is 2. The van der Waals surface area contributed by atoms with Gasteiger partial charge in [-0.25, -0.2) is 0 Å². The molecule has 1 aliphatic rings. The number of carbonyl (C=O) groups is 2. The number of nitrogen functional groups attached to an aromatic ring is 2. The highest BCUT2D eigenvalue weighted by Crippen LogP contribution is 2.43. The second-order valence-electron chi connectivity index (χ2n) is 12.4. The molecule has 0 saturated carbocycles. The van der Waals surface area contributed by atoms with E-state index in [2.05, 4.69) is 40.2 Å². The van der Waals surface area contributed by atoms with Gasteiger partial charge in [0.25, 0.3) is 5.91 Å². The van der Waals surface area contributed by atoms with E-state index in [4.69, 9.17) is 28.5 Å². The number of phenolic OH excluding ortho intramolecular Hbond substituents is 1. The van der Waals surface area contributed by atoms with E-state index in [1.54, 1.807) is 48.5 Å². The molecule has 0 spiro atoms. The van der Waals surface area contributed by atoms with E-state index in [-0.39, 0.29) is 42.4 Å². The fourth-order valence-electron chi connectivity index (χ4n) is 6.04. The van der Waals surface area contributed by atoms with Crippen LogP contribution >= 0.6 is 11.6 Å². The summed E-state index contributed by atoms with van der Waals surface area (Å²) in [6.07, 6.45) is 2.73. The van der Waals surface area contributed by atoms with Gasteiger partial charge in [-0.1, -0.05) is 60.1 Å². The lowest BCUT2D eigenvalue weighted by Gasteiger charge is -2.24. The van der Waals surface area contributed by atoms with Gasteiger partial charge < -0.3 is 32.5 Å². The molecule has 9 nitrogen and oxygen atoms in total. The van der Waals surface area contributed by atoms with Crippen LogP contribution in [0.2, 0.25) is 5.02 Å². The van der Waals surface area contributed by atoms with Gasteiger partial charge in [0.05, 0.1) is 17.1 Å². The van der Waals surface area contributed by atoms with Crippen molar-refractivity contribution in [1.29, 1.82) is 5.41 Å². The van der Waals surface area contributed by atoms with Crippen molar-refractivity contribution >= 4 is 40.6 Å². The second-order valence-corrected chi connectivity index (χ2v) is 12.8. The smallest absolute Gasteiger partial charge is 0.251 e. The van der Waals surface area contributed by atoms with Gasteiger partial charge in [0.1, 0.15) is 11.6 Å². The Balaban J connectivity index is 1.38. The summed E-state index contributed by atoms with van der Waals surface area (Å²) < 4.78 is 0. The summed E-state index contributed by atoms with van der Waals surface area (Å²) in [7, 11) is 0. The van der Waals surface area contributed by atoms with Gasteiger partial charge in [-0.2, -0.15) is 0 Å². The van der Waals surface area contributed by atoms with Gasteiger partial charge in [-0.3, -0.25) is 15.0 Å². The monoisotopic (exact) mass is 652 g/mol. The molecule has 4 aromatic carbocycles. The Kier molecular flexibility index (Phi) is 10.4. The van der Waals surface area contributed by atoms with Gasteiger partial charge in [-0.15, -0.1) is 0 Å². The van der Waals surface area contributed by atoms with Crippen LogP contribution in [0.25, 0.3) is 11.1 Å². The highest BCUT2D eigenvalue weighted by molar-refractivity contribution is 6.34. The third kappa shape index (κ3) is 8.23. The van der Waals surface area contributed by atoms with Crippen molar-refractivity contribution in [2.24, 2.45) is 11.7 Å². The largest absolute Gasteiger partial charge is 0.505 e. The van der Waals surface area contributed by atoms with Crippen LogP contribution in [0.1, 0.15) is 58.4 Å². The SMILES string of the molecule is CC(C)Nc1cc(Cl)c(-c2cc(N)cc(C(=O)NCC3CCc4ccccc4C3)c2)c(CC(=O)NCc2ccc(C(=N)N)cc2)c1O. The quantitative estimate of drug-likeness (QED) is 0.0468. The molecule has 0 fully saturated rings. The highest BCUT2D eigenvalue weighted by atomic mass is 35.5. The topological polar surface area (TPSA) is 166 Å². The number of amidine groups is 1. The summed E-state index contributed by atoms with van der Waals surface area (Å²) in [5.74, 6) is -0.409. The first-order valence-electron chi connectivity index (χ1n) is 15.7. The summed E-state index contributed by atoms with van der Waals surface area (Å²) >= 11 is 6.86. The number of aromatic hydroxyl groups is 1. The molecule has 0 saturated heterocycles. The van der Waals surface area contributed by atoms with Crippen LogP contribution in [0, 0.1) is 11.3 Å². The van der Waals surface area contributed by atoms with Crippen LogP contribution in [-0.2, 0) is 30.6 Å². The summed E-state index contributed by atoms with van der Waals surface area (Å²) in [6, 6.07) is 22.0. The summed E-state index contributed by atoms with van der Waals surface area (Å²) in [5, 5.41) is 28.4. The molecule has 0 aliphatic heterocycles. The van der Waals surface area contributed by atoms with Crippen LogP contribution in [0.15, 0.2) is 72.8 Å². The first-order chi connectivity index (χ1) is 22.5. The predicted octanol–water partition coefficient (Wildman–Crippen LogP) is 5.79. The summed E-state index contributed by atoms with van der Waals surface area (Å²) in [5.41, 5.74) is 18.3. The maximum absolute atomic E-state index is 13.4. The number of hydrogen-bond donors (Lipinski definition) is 7. The Morgan fingerprint density at radius 3 is 2.43 bits per heavy atom. The summed E-state index contributed by atoms with van der Waals surface area (Å²) in [4.78, 5) is 26.7. The van der Waals surface area contributed by atoms with Crippen molar-refractivity contribution in [2.75, 3.05) is 17.6 Å². The van der Waals surface area contributed by atoms with Crippen molar-refractivity contribution < 1.29 is 14.7 Å². The van der Waals surface area contributed by atoms with Gasteiger partial charge in [0.15, 0.2) is 0 Å². The molecule has 0 aromatic heterocycles. The number of aryl methyl sites for hydroxylation is 1. The van der Waals surface area contributed by atoms with E-state index < -0.39 is 0 Å². The molecule has 47 heavy (non-hydrogen) atoms. The molecule has 0 heterocycles. The third-order valence-corrected chi connectivity index (χ3v) is 8.69. The zero-order valence-corrected chi connectivity index (χ0v) is 27.4. The number of amides is 2. The number of rotatable bonds is 11. The van der Waals surface area contributed by atoms with E-state index >= 15 is 0 Å². The molecule has 1 aliphatic carbocycles. The number of benzene rings is 4. The molecule has 244 valence electrons. The van der Waals surface area contributed by atoms with Gasteiger partial charge in [0, 0.05) is 47.1 Å².